The first-order valence-corrected chi connectivity index (χ1v) is 10.5. The first-order chi connectivity index (χ1) is 12.4. The minimum atomic E-state index is -0.369. The van der Waals surface area contributed by atoms with Gasteiger partial charge in [-0.25, -0.2) is 0 Å². The summed E-state index contributed by atoms with van der Waals surface area (Å²) >= 11 is 19.6. The minimum absolute atomic E-state index is 0.195. The van der Waals surface area contributed by atoms with Crippen molar-refractivity contribution >= 4 is 58.2 Å². The maximum Gasteiger partial charge on any atom is 0.237 e. The van der Waals surface area contributed by atoms with E-state index in [9.17, 15) is 4.79 Å². The van der Waals surface area contributed by atoms with Crippen molar-refractivity contribution in [3.63, 3.8) is 0 Å². The molecule has 5 nitrogen and oxygen atoms in total. The van der Waals surface area contributed by atoms with Gasteiger partial charge in [-0.05, 0) is 44.7 Å². The molecule has 9 heteroatoms. The van der Waals surface area contributed by atoms with Crippen LogP contribution in [0.25, 0.3) is 0 Å². The van der Waals surface area contributed by atoms with Crippen LogP contribution >= 0.6 is 46.6 Å². The quantitative estimate of drug-likeness (QED) is 0.607. The number of nitrogens with zero attached hydrogens (tertiary/aromatic N) is 3. The van der Waals surface area contributed by atoms with Crippen LogP contribution in [0.5, 0.6) is 0 Å². The Hall–Kier alpha value is -0.950. The van der Waals surface area contributed by atoms with Crippen LogP contribution in [0.2, 0.25) is 15.1 Å². The van der Waals surface area contributed by atoms with Crippen LogP contribution in [-0.4, -0.2) is 25.9 Å². The number of hydrogen-bond donors (Lipinski definition) is 1. The van der Waals surface area contributed by atoms with E-state index < -0.39 is 0 Å². The summed E-state index contributed by atoms with van der Waals surface area (Å²) in [4.78, 5) is 12.6. The maximum absolute atomic E-state index is 12.6. The monoisotopic (exact) mass is 430 g/mol. The van der Waals surface area contributed by atoms with Crippen molar-refractivity contribution in [3.05, 3.63) is 33.0 Å². The number of benzene rings is 1. The van der Waals surface area contributed by atoms with Crippen molar-refractivity contribution in [1.29, 1.82) is 0 Å². The van der Waals surface area contributed by atoms with E-state index in [1.165, 1.54) is 24.6 Å². The molecule has 2 aromatic rings. The zero-order valence-electron chi connectivity index (χ0n) is 14.0. The molecule has 2 aliphatic rings. The molecule has 0 aliphatic heterocycles. The first-order valence-electron chi connectivity index (χ1n) is 8.51. The van der Waals surface area contributed by atoms with Crippen LogP contribution in [0, 0.1) is 0 Å². The minimum Gasteiger partial charge on any atom is -0.323 e. The largest absolute Gasteiger partial charge is 0.323 e. The van der Waals surface area contributed by atoms with Crippen molar-refractivity contribution in [2.75, 3.05) is 5.32 Å². The molecular weight excluding hydrogens is 415 g/mol. The fourth-order valence-corrected chi connectivity index (χ4v) is 4.60. The number of rotatable bonds is 6. The summed E-state index contributed by atoms with van der Waals surface area (Å²) in [5.41, 5.74) is 0.373. The first kappa shape index (κ1) is 18.4. The molecular formula is C17H17Cl3N4OS. The number of anilines is 1. The Labute approximate surface area is 170 Å². The molecule has 138 valence electrons. The fourth-order valence-electron chi connectivity index (χ4n) is 2.76. The van der Waals surface area contributed by atoms with Gasteiger partial charge < -0.3 is 9.88 Å². The Bertz CT molecular complexity index is 841. The van der Waals surface area contributed by atoms with Crippen LogP contribution in [0.1, 0.15) is 50.4 Å². The topological polar surface area (TPSA) is 59.8 Å². The molecule has 1 unspecified atom stereocenters. The molecule has 1 aromatic heterocycles. The Morgan fingerprint density at radius 1 is 1.19 bits per heavy atom. The summed E-state index contributed by atoms with van der Waals surface area (Å²) in [6.07, 6.45) is 4.67. The lowest BCUT2D eigenvalue weighted by Crippen LogP contribution is -2.23. The van der Waals surface area contributed by atoms with Crippen LogP contribution in [-0.2, 0) is 4.79 Å². The Morgan fingerprint density at radius 2 is 1.85 bits per heavy atom. The van der Waals surface area contributed by atoms with Crippen molar-refractivity contribution in [2.24, 2.45) is 0 Å². The van der Waals surface area contributed by atoms with Gasteiger partial charge in [0.2, 0.25) is 5.91 Å². The van der Waals surface area contributed by atoms with Crippen molar-refractivity contribution < 1.29 is 4.79 Å². The molecule has 1 amide bonds. The molecule has 1 atom stereocenters. The van der Waals surface area contributed by atoms with Gasteiger partial charge in [-0.1, -0.05) is 46.6 Å². The number of hydrogen-bond acceptors (Lipinski definition) is 4. The standard InChI is InChI=1S/C17H17Cl3N4OS/c1-8(16(25)21-14-12(19)6-10(18)7-13(14)20)26-17-23-22-15(9-2-3-9)24(17)11-4-5-11/h6-9,11H,2-5H2,1H3,(H,21,25). The average Bonchev–Trinajstić information content (AvgIpc) is 3.49. The van der Waals surface area contributed by atoms with E-state index in [4.69, 9.17) is 34.8 Å². The second kappa shape index (κ2) is 7.23. The van der Waals surface area contributed by atoms with Crippen LogP contribution < -0.4 is 5.32 Å². The summed E-state index contributed by atoms with van der Waals surface area (Å²) in [7, 11) is 0. The summed E-state index contributed by atoms with van der Waals surface area (Å²) in [6.45, 7) is 1.83. The molecule has 0 radical (unpaired) electrons. The molecule has 1 heterocycles. The molecule has 1 N–H and O–H groups in total. The van der Waals surface area contributed by atoms with E-state index >= 15 is 0 Å². The number of aromatic nitrogens is 3. The Kier molecular flexibility index (Phi) is 5.12. The van der Waals surface area contributed by atoms with E-state index in [1.807, 2.05) is 6.92 Å². The van der Waals surface area contributed by atoms with E-state index in [2.05, 4.69) is 20.1 Å². The molecule has 2 aliphatic carbocycles. The van der Waals surface area contributed by atoms with Crippen molar-refractivity contribution in [2.45, 2.75) is 55.0 Å². The molecule has 0 saturated heterocycles. The molecule has 0 spiro atoms. The second-order valence-electron chi connectivity index (χ2n) is 6.71. The zero-order valence-corrected chi connectivity index (χ0v) is 17.1. The predicted octanol–water partition coefficient (Wildman–Crippen LogP) is 5.57. The summed E-state index contributed by atoms with van der Waals surface area (Å²) in [5, 5.41) is 13.0. The third kappa shape index (κ3) is 3.84. The van der Waals surface area contributed by atoms with Crippen LogP contribution in [0.15, 0.2) is 17.3 Å². The smallest absolute Gasteiger partial charge is 0.237 e. The van der Waals surface area contributed by atoms with Gasteiger partial charge in [0.25, 0.3) is 0 Å². The van der Waals surface area contributed by atoms with Gasteiger partial charge in [0, 0.05) is 17.0 Å². The number of nitrogens with one attached hydrogen (secondary N) is 1. The summed E-state index contributed by atoms with van der Waals surface area (Å²) < 4.78 is 2.23. The molecule has 26 heavy (non-hydrogen) atoms. The predicted molar refractivity (Wildman–Crippen MR) is 106 cm³/mol. The lowest BCUT2D eigenvalue weighted by Gasteiger charge is -2.15. The highest BCUT2D eigenvalue weighted by atomic mass is 35.5. The highest BCUT2D eigenvalue weighted by Crippen LogP contribution is 2.46. The zero-order chi connectivity index (χ0) is 18.4. The third-order valence-corrected chi connectivity index (χ3v) is 6.32. The van der Waals surface area contributed by atoms with E-state index in [0.29, 0.717) is 32.7 Å². The SMILES string of the molecule is CC(Sc1nnc(C2CC2)n1C1CC1)C(=O)Nc1c(Cl)cc(Cl)cc1Cl. The Morgan fingerprint density at radius 3 is 2.42 bits per heavy atom. The number of thioether (sulfide) groups is 1. The van der Waals surface area contributed by atoms with Gasteiger partial charge in [0.1, 0.15) is 5.82 Å². The molecule has 2 fully saturated rings. The highest BCUT2D eigenvalue weighted by molar-refractivity contribution is 8.00. The maximum atomic E-state index is 12.6. The fraction of sp³-hybridized carbons (Fsp3) is 0.471. The molecule has 2 saturated carbocycles. The van der Waals surface area contributed by atoms with Crippen molar-refractivity contribution in [3.8, 4) is 0 Å². The van der Waals surface area contributed by atoms with Gasteiger partial charge in [0.05, 0.1) is 21.0 Å². The van der Waals surface area contributed by atoms with E-state index in [-0.39, 0.29) is 11.2 Å². The number of carbonyl (C=O) groups is 1. The summed E-state index contributed by atoms with van der Waals surface area (Å²) in [6, 6.07) is 3.58. The van der Waals surface area contributed by atoms with Gasteiger partial charge in [-0.15, -0.1) is 10.2 Å². The van der Waals surface area contributed by atoms with Gasteiger partial charge in [-0.3, -0.25) is 4.79 Å². The Balaban J connectivity index is 1.48. The lowest BCUT2D eigenvalue weighted by atomic mass is 10.3. The van der Waals surface area contributed by atoms with Crippen molar-refractivity contribution in [1.82, 2.24) is 14.8 Å². The number of halogens is 3. The second-order valence-corrected chi connectivity index (χ2v) is 9.27. The molecule has 0 bridgehead atoms. The lowest BCUT2D eigenvalue weighted by molar-refractivity contribution is -0.115. The third-order valence-electron chi connectivity index (χ3n) is 4.45. The van der Waals surface area contributed by atoms with Gasteiger partial charge in [-0.2, -0.15) is 0 Å². The van der Waals surface area contributed by atoms with E-state index in [0.717, 1.165) is 23.8 Å². The van der Waals surface area contributed by atoms with Crippen LogP contribution in [0.4, 0.5) is 5.69 Å². The average molecular weight is 432 g/mol. The van der Waals surface area contributed by atoms with Gasteiger partial charge in [0.15, 0.2) is 5.16 Å². The van der Waals surface area contributed by atoms with Crippen LogP contribution in [0.3, 0.4) is 0 Å². The summed E-state index contributed by atoms with van der Waals surface area (Å²) in [5.74, 6) is 1.42. The number of carbonyl (C=O) groups excluding carboxylic acids is 1. The highest BCUT2D eigenvalue weighted by Gasteiger charge is 2.37. The molecule has 4 rings (SSSR count). The van der Waals surface area contributed by atoms with E-state index in [1.54, 1.807) is 12.1 Å². The number of amides is 1. The normalized spacial score (nSPS) is 18.0. The molecule has 1 aromatic carbocycles. The van der Waals surface area contributed by atoms with Gasteiger partial charge >= 0.3 is 0 Å².